The molecule has 0 saturated heterocycles. The molecule has 0 atom stereocenters. The Balaban J connectivity index is 1.45. The third kappa shape index (κ3) is 3.05. The fourth-order valence-corrected chi connectivity index (χ4v) is 2.83. The second-order valence-electron chi connectivity index (χ2n) is 5.29. The second kappa shape index (κ2) is 5.87. The van der Waals surface area contributed by atoms with Crippen LogP contribution in [0.15, 0.2) is 45.2 Å². The van der Waals surface area contributed by atoms with E-state index in [0.29, 0.717) is 34.7 Å². The maximum absolute atomic E-state index is 5.95. The van der Waals surface area contributed by atoms with E-state index < -0.39 is 0 Å². The lowest BCUT2D eigenvalue weighted by molar-refractivity contribution is 0.489. The van der Waals surface area contributed by atoms with Crippen LogP contribution in [0.1, 0.15) is 18.2 Å². The summed E-state index contributed by atoms with van der Waals surface area (Å²) in [6.45, 7) is 0. The van der Waals surface area contributed by atoms with E-state index in [1.54, 1.807) is 24.3 Å². The number of aromatic nitrogens is 2. The van der Waals surface area contributed by atoms with E-state index in [-0.39, 0.29) is 0 Å². The first-order valence-electron chi connectivity index (χ1n) is 7.27. The van der Waals surface area contributed by atoms with E-state index in [4.69, 9.17) is 32.0 Å². The number of hydrogen-bond donors (Lipinski definition) is 0. The number of hydrogen-bond acceptors (Lipinski definition) is 4. The van der Waals surface area contributed by atoms with Gasteiger partial charge in [-0.15, -0.1) is 0 Å². The quantitative estimate of drug-likeness (QED) is 0.492. The standard InChI is InChI=1S/C17H12Cl2N2O2/c18-10-4-6-14-12(8-10)20-16(22-14)2-1-3-17-21-13-9-11(19)5-7-15(13)23-17/h4-9H,1-3H2. The van der Waals surface area contributed by atoms with Crippen molar-refractivity contribution in [2.75, 3.05) is 0 Å². The summed E-state index contributed by atoms with van der Waals surface area (Å²) in [6, 6.07) is 10.9. The van der Waals surface area contributed by atoms with Crippen molar-refractivity contribution in [1.29, 1.82) is 0 Å². The summed E-state index contributed by atoms with van der Waals surface area (Å²) in [4.78, 5) is 8.88. The van der Waals surface area contributed by atoms with Crippen LogP contribution in [0.4, 0.5) is 0 Å². The van der Waals surface area contributed by atoms with Crippen molar-refractivity contribution in [1.82, 2.24) is 9.97 Å². The summed E-state index contributed by atoms with van der Waals surface area (Å²) in [6.07, 6.45) is 2.26. The minimum atomic E-state index is 0.655. The Morgan fingerprint density at radius 1 is 0.739 bits per heavy atom. The molecule has 0 amide bonds. The molecule has 0 fully saturated rings. The molecule has 2 aromatic carbocycles. The number of oxazole rings is 2. The summed E-state index contributed by atoms with van der Waals surface area (Å²) in [7, 11) is 0. The molecule has 0 bridgehead atoms. The van der Waals surface area contributed by atoms with Gasteiger partial charge in [0.2, 0.25) is 0 Å². The first-order chi connectivity index (χ1) is 11.2. The molecule has 116 valence electrons. The number of benzene rings is 2. The smallest absolute Gasteiger partial charge is 0.195 e. The molecule has 0 aliphatic heterocycles. The van der Waals surface area contributed by atoms with Crippen LogP contribution in [-0.4, -0.2) is 9.97 Å². The third-order valence-corrected chi connectivity index (χ3v) is 4.04. The van der Waals surface area contributed by atoms with Crippen LogP contribution in [0.2, 0.25) is 10.0 Å². The van der Waals surface area contributed by atoms with Gasteiger partial charge in [-0.3, -0.25) is 0 Å². The molecular formula is C17H12Cl2N2O2. The fourth-order valence-electron chi connectivity index (χ4n) is 2.50. The minimum Gasteiger partial charge on any atom is -0.441 e. The highest BCUT2D eigenvalue weighted by Crippen LogP contribution is 2.22. The Morgan fingerprint density at radius 2 is 1.22 bits per heavy atom. The summed E-state index contributed by atoms with van der Waals surface area (Å²) in [5, 5.41) is 1.31. The maximum Gasteiger partial charge on any atom is 0.195 e. The van der Waals surface area contributed by atoms with E-state index in [1.807, 2.05) is 12.1 Å². The summed E-state index contributed by atoms with van der Waals surface area (Å²) < 4.78 is 11.4. The molecule has 0 N–H and O–H groups in total. The van der Waals surface area contributed by atoms with Gasteiger partial charge in [0.15, 0.2) is 22.9 Å². The van der Waals surface area contributed by atoms with Gasteiger partial charge in [0.1, 0.15) is 11.0 Å². The Kier molecular flexibility index (Phi) is 3.71. The lowest BCUT2D eigenvalue weighted by atomic mass is 10.2. The van der Waals surface area contributed by atoms with Crippen molar-refractivity contribution < 1.29 is 8.83 Å². The summed E-state index contributed by atoms with van der Waals surface area (Å²) >= 11 is 11.9. The highest BCUT2D eigenvalue weighted by Gasteiger charge is 2.09. The van der Waals surface area contributed by atoms with Crippen LogP contribution in [0.25, 0.3) is 22.2 Å². The zero-order valence-electron chi connectivity index (χ0n) is 12.1. The second-order valence-corrected chi connectivity index (χ2v) is 6.17. The molecular weight excluding hydrogens is 335 g/mol. The lowest BCUT2D eigenvalue weighted by Crippen LogP contribution is -1.90. The summed E-state index contributed by atoms with van der Waals surface area (Å²) in [5.74, 6) is 1.39. The largest absolute Gasteiger partial charge is 0.441 e. The average molecular weight is 347 g/mol. The Morgan fingerprint density at radius 3 is 1.70 bits per heavy atom. The molecule has 2 aromatic heterocycles. The third-order valence-electron chi connectivity index (χ3n) is 3.57. The maximum atomic E-state index is 5.95. The number of aryl methyl sites for hydroxylation is 2. The van der Waals surface area contributed by atoms with Gasteiger partial charge in [-0.25, -0.2) is 9.97 Å². The van der Waals surface area contributed by atoms with Gasteiger partial charge in [0.05, 0.1) is 0 Å². The highest BCUT2D eigenvalue weighted by molar-refractivity contribution is 6.31. The van der Waals surface area contributed by atoms with E-state index in [0.717, 1.165) is 28.6 Å². The lowest BCUT2D eigenvalue weighted by Gasteiger charge is -1.93. The molecule has 0 spiro atoms. The van der Waals surface area contributed by atoms with Crippen molar-refractivity contribution in [3.63, 3.8) is 0 Å². The van der Waals surface area contributed by atoms with Gasteiger partial charge in [-0.2, -0.15) is 0 Å². The van der Waals surface area contributed by atoms with E-state index in [1.165, 1.54) is 0 Å². The molecule has 4 nitrogen and oxygen atoms in total. The molecule has 6 heteroatoms. The van der Waals surface area contributed by atoms with Crippen LogP contribution < -0.4 is 0 Å². The van der Waals surface area contributed by atoms with Crippen molar-refractivity contribution >= 4 is 45.4 Å². The van der Waals surface area contributed by atoms with Crippen LogP contribution in [0, 0.1) is 0 Å². The fraction of sp³-hybridized carbons (Fsp3) is 0.176. The van der Waals surface area contributed by atoms with E-state index >= 15 is 0 Å². The molecule has 4 rings (SSSR count). The van der Waals surface area contributed by atoms with Gasteiger partial charge in [-0.05, 0) is 42.8 Å². The van der Waals surface area contributed by atoms with Crippen LogP contribution in [0.3, 0.4) is 0 Å². The molecule has 2 heterocycles. The minimum absolute atomic E-state index is 0.655. The van der Waals surface area contributed by atoms with E-state index in [9.17, 15) is 0 Å². The van der Waals surface area contributed by atoms with Crippen molar-refractivity contribution in [2.45, 2.75) is 19.3 Å². The summed E-state index contributed by atoms with van der Waals surface area (Å²) in [5.41, 5.74) is 3.06. The topological polar surface area (TPSA) is 52.1 Å². The van der Waals surface area contributed by atoms with Crippen LogP contribution in [0.5, 0.6) is 0 Å². The number of fused-ring (bicyclic) bond motifs is 2. The highest BCUT2D eigenvalue weighted by atomic mass is 35.5. The zero-order chi connectivity index (χ0) is 15.8. The molecule has 23 heavy (non-hydrogen) atoms. The molecule has 0 aliphatic carbocycles. The first-order valence-corrected chi connectivity index (χ1v) is 8.03. The Hall–Kier alpha value is -2.04. The first kappa shape index (κ1) is 14.5. The average Bonchev–Trinajstić information content (AvgIpc) is 3.09. The molecule has 0 saturated carbocycles. The van der Waals surface area contributed by atoms with Gasteiger partial charge < -0.3 is 8.83 Å². The van der Waals surface area contributed by atoms with Gasteiger partial charge in [-0.1, -0.05) is 23.2 Å². The van der Waals surface area contributed by atoms with Gasteiger partial charge in [0, 0.05) is 22.9 Å². The molecule has 4 aromatic rings. The molecule has 0 unspecified atom stereocenters. The number of halogens is 2. The van der Waals surface area contributed by atoms with E-state index in [2.05, 4.69) is 9.97 Å². The predicted molar refractivity (Wildman–Crippen MR) is 90.1 cm³/mol. The Labute approximate surface area is 142 Å². The zero-order valence-corrected chi connectivity index (χ0v) is 13.6. The monoisotopic (exact) mass is 346 g/mol. The number of nitrogens with zero attached hydrogens (tertiary/aromatic N) is 2. The van der Waals surface area contributed by atoms with Crippen LogP contribution >= 0.6 is 23.2 Å². The Bertz CT molecular complexity index is 911. The molecule has 0 aliphatic rings. The van der Waals surface area contributed by atoms with Crippen molar-refractivity contribution in [3.8, 4) is 0 Å². The normalized spacial score (nSPS) is 11.6. The van der Waals surface area contributed by atoms with Gasteiger partial charge in [0.25, 0.3) is 0 Å². The predicted octanol–water partition coefficient (Wildman–Crippen LogP) is 5.45. The van der Waals surface area contributed by atoms with Crippen molar-refractivity contribution in [3.05, 3.63) is 58.2 Å². The van der Waals surface area contributed by atoms with Gasteiger partial charge >= 0.3 is 0 Å². The van der Waals surface area contributed by atoms with Crippen LogP contribution in [-0.2, 0) is 12.8 Å². The van der Waals surface area contributed by atoms with Crippen molar-refractivity contribution in [2.24, 2.45) is 0 Å². The number of rotatable bonds is 4. The molecule has 0 radical (unpaired) electrons. The SMILES string of the molecule is Clc1ccc2oc(CCCc3nc4cc(Cl)ccc4o3)nc2c1.